The van der Waals surface area contributed by atoms with Crippen LogP contribution in [0.2, 0.25) is 10.0 Å². The number of carbonyl (C=O) groups excluding carboxylic acids is 2. The summed E-state index contributed by atoms with van der Waals surface area (Å²) in [5.74, 6) is -0.277. The fourth-order valence-electron chi connectivity index (χ4n) is 2.71. The zero-order valence-electron chi connectivity index (χ0n) is 16.4. The highest BCUT2D eigenvalue weighted by molar-refractivity contribution is 6.34. The van der Waals surface area contributed by atoms with Gasteiger partial charge in [-0.2, -0.15) is 0 Å². The van der Waals surface area contributed by atoms with Crippen molar-refractivity contribution in [2.75, 3.05) is 11.9 Å². The third kappa shape index (κ3) is 5.75. The molecule has 0 unspecified atom stereocenters. The maximum Gasteiger partial charge on any atom is 0.349 e. The summed E-state index contributed by atoms with van der Waals surface area (Å²) in [6.45, 7) is 3.59. The maximum absolute atomic E-state index is 12.4. The van der Waals surface area contributed by atoms with Crippen molar-refractivity contribution in [1.29, 1.82) is 0 Å². The minimum absolute atomic E-state index is 0.251. The molecule has 0 saturated heterocycles. The van der Waals surface area contributed by atoms with E-state index in [-0.39, 0.29) is 12.5 Å². The first-order valence-corrected chi connectivity index (χ1v) is 9.84. The number of hydrogen-bond donors (Lipinski definition) is 1. The highest BCUT2D eigenvalue weighted by Crippen LogP contribution is 2.27. The van der Waals surface area contributed by atoms with Crippen LogP contribution in [0.5, 0.6) is 11.5 Å². The van der Waals surface area contributed by atoms with Crippen molar-refractivity contribution < 1.29 is 19.1 Å². The molecule has 1 N–H and O–H groups in total. The van der Waals surface area contributed by atoms with E-state index >= 15 is 0 Å². The van der Waals surface area contributed by atoms with Gasteiger partial charge in [0.1, 0.15) is 11.5 Å². The molecule has 1 amide bonds. The number of rotatable bonds is 6. The van der Waals surface area contributed by atoms with Crippen molar-refractivity contribution in [3.63, 3.8) is 0 Å². The SMILES string of the molecule is Cc1ccc(NC(=O)c2ccc(OC(=O)COc3cc(Cl)ccc3Cl)cc2)c(C)c1. The molecule has 7 heteroatoms. The minimum Gasteiger partial charge on any atom is -0.480 e. The summed E-state index contributed by atoms with van der Waals surface area (Å²) in [4.78, 5) is 24.4. The van der Waals surface area contributed by atoms with Crippen LogP contribution in [0.25, 0.3) is 0 Å². The molecule has 0 heterocycles. The van der Waals surface area contributed by atoms with E-state index in [4.69, 9.17) is 32.7 Å². The van der Waals surface area contributed by atoms with E-state index < -0.39 is 5.97 Å². The normalized spacial score (nSPS) is 10.4. The predicted octanol–water partition coefficient (Wildman–Crippen LogP) is 5.85. The first-order valence-electron chi connectivity index (χ1n) is 9.09. The molecule has 0 aliphatic rings. The molecular weight excluding hydrogens is 425 g/mol. The number of amides is 1. The van der Waals surface area contributed by atoms with Gasteiger partial charge in [-0.05, 0) is 61.9 Å². The molecule has 0 aromatic heterocycles. The first kappa shape index (κ1) is 21.7. The molecule has 3 aromatic rings. The number of ether oxygens (including phenoxy) is 2. The quantitative estimate of drug-likeness (QED) is 0.383. The van der Waals surface area contributed by atoms with Crippen LogP contribution < -0.4 is 14.8 Å². The summed E-state index contributed by atoms with van der Waals surface area (Å²) >= 11 is 11.9. The summed E-state index contributed by atoms with van der Waals surface area (Å²) in [7, 11) is 0. The van der Waals surface area contributed by atoms with Crippen LogP contribution in [0.15, 0.2) is 60.7 Å². The molecule has 154 valence electrons. The second-order valence-electron chi connectivity index (χ2n) is 6.63. The van der Waals surface area contributed by atoms with Gasteiger partial charge in [-0.3, -0.25) is 4.79 Å². The molecule has 0 spiro atoms. The predicted molar refractivity (Wildman–Crippen MR) is 118 cm³/mol. The average Bonchev–Trinajstić information content (AvgIpc) is 2.71. The van der Waals surface area contributed by atoms with E-state index in [0.29, 0.717) is 27.1 Å². The van der Waals surface area contributed by atoms with Gasteiger partial charge < -0.3 is 14.8 Å². The maximum atomic E-state index is 12.4. The number of halogens is 2. The van der Waals surface area contributed by atoms with E-state index in [9.17, 15) is 9.59 Å². The Labute approximate surface area is 184 Å². The van der Waals surface area contributed by atoms with Crippen LogP contribution in [-0.4, -0.2) is 18.5 Å². The molecule has 0 aliphatic heterocycles. The van der Waals surface area contributed by atoms with Crippen molar-refractivity contribution in [2.45, 2.75) is 13.8 Å². The summed E-state index contributed by atoms with van der Waals surface area (Å²) in [5, 5.41) is 3.65. The highest BCUT2D eigenvalue weighted by atomic mass is 35.5. The summed E-state index contributed by atoms with van der Waals surface area (Å²) in [5.41, 5.74) is 3.29. The lowest BCUT2D eigenvalue weighted by atomic mass is 10.1. The second kappa shape index (κ2) is 9.65. The number of aryl methyl sites for hydroxylation is 2. The van der Waals surface area contributed by atoms with Gasteiger partial charge in [0.15, 0.2) is 6.61 Å². The van der Waals surface area contributed by atoms with Gasteiger partial charge in [0, 0.05) is 22.3 Å². The Bertz CT molecular complexity index is 1080. The van der Waals surface area contributed by atoms with Crippen molar-refractivity contribution in [3.05, 3.63) is 87.4 Å². The number of nitrogens with one attached hydrogen (secondary N) is 1. The molecule has 0 bridgehead atoms. The van der Waals surface area contributed by atoms with Gasteiger partial charge in [-0.15, -0.1) is 0 Å². The zero-order valence-corrected chi connectivity index (χ0v) is 17.9. The molecular formula is C23H19Cl2NO4. The van der Waals surface area contributed by atoms with Gasteiger partial charge in [-0.1, -0.05) is 40.9 Å². The van der Waals surface area contributed by atoms with Gasteiger partial charge >= 0.3 is 5.97 Å². The molecule has 5 nitrogen and oxygen atoms in total. The smallest absolute Gasteiger partial charge is 0.349 e. The Morgan fingerprint density at radius 2 is 1.67 bits per heavy atom. The monoisotopic (exact) mass is 443 g/mol. The molecule has 0 aliphatic carbocycles. The van der Waals surface area contributed by atoms with Gasteiger partial charge in [0.05, 0.1) is 5.02 Å². The lowest BCUT2D eigenvalue weighted by Gasteiger charge is -2.10. The van der Waals surface area contributed by atoms with E-state index in [1.54, 1.807) is 36.4 Å². The van der Waals surface area contributed by atoms with Crippen molar-refractivity contribution in [1.82, 2.24) is 0 Å². The third-order valence-electron chi connectivity index (χ3n) is 4.22. The number of anilines is 1. The molecule has 0 radical (unpaired) electrons. The van der Waals surface area contributed by atoms with E-state index in [1.807, 2.05) is 32.0 Å². The Balaban J connectivity index is 1.56. The van der Waals surface area contributed by atoms with E-state index in [2.05, 4.69) is 5.32 Å². The van der Waals surface area contributed by atoms with Crippen LogP contribution in [0.1, 0.15) is 21.5 Å². The zero-order chi connectivity index (χ0) is 21.7. The summed E-state index contributed by atoms with van der Waals surface area (Å²) in [6, 6.07) is 16.7. The topological polar surface area (TPSA) is 64.6 Å². The molecule has 0 fully saturated rings. The van der Waals surface area contributed by atoms with Gasteiger partial charge in [0.25, 0.3) is 5.91 Å². The largest absolute Gasteiger partial charge is 0.480 e. The third-order valence-corrected chi connectivity index (χ3v) is 4.76. The number of benzene rings is 3. The van der Waals surface area contributed by atoms with Crippen LogP contribution >= 0.6 is 23.2 Å². The van der Waals surface area contributed by atoms with Crippen LogP contribution in [0, 0.1) is 13.8 Å². The van der Waals surface area contributed by atoms with Crippen molar-refractivity contribution in [3.8, 4) is 11.5 Å². The van der Waals surface area contributed by atoms with Crippen molar-refractivity contribution >= 4 is 40.8 Å². The summed E-state index contributed by atoms with van der Waals surface area (Å²) < 4.78 is 10.6. The molecule has 3 rings (SSSR count). The average molecular weight is 444 g/mol. The lowest BCUT2D eigenvalue weighted by molar-refractivity contribution is -0.136. The fourth-order valence-corrected chi connectivity index (χ4v) is 3.04. The molecule has 3 aromatic carbocycles. The van der Waals surface area contributed by atoms with Crippen LogP contribution in [-0.2, 0) is 4.79 Å². The molecule has 0 saturated carbocycles. The standard InChI is InChI=1S/C23H19Cl2NO4/c1-14-3-10-20(15(2)11-14)26-23(28)16-4-7-18(8-5-16)30-22(27)13-29-21-12-17(24)6-9-19(21)25/h3-12H,13H2,1-2H3,(H,26,28). The Kier molecular flexibility index (Phi) is 6.98. The van der Waals surface area contributed by atoms with E-state index in [0.717, 1.165) is 16.8 Å². The first-order chi connectivity index (χ1) is 14.3. The van der Waals surface area contributed by atoms with Gasteiger partial charge in [-0.25, -0.2) is 4.79 Å². The summed E-state index contributed by atoms with van der Waals surface area (Å²) in [6.07, 6.45) is 0. The number of carbonyl (C=O) groups is 2. The fraction of sp³-hybridized carbons (Fsp3) is 0.130. The lowest BCUT2D eigenvalue weighted by Crippen LogP contribution is -2.18. The van der Waals surface area contributed by atoms with Gasteiger partial charge in [0.2, 0.25) is 0 Å². The Morgan fingerprint density at radius 1 is 0.933 bits per heavy atom. The van der Waals surface area contributed by atoms with Crippen LogP contribution in [0.3, 0.4) is 0 Å². The number of hydrogen-bond acceptors (Lipinski definition) is 4. The second-order valence-corrected chi connectivity index (χ2v) is 7.48. The Hall–Kier alpha value is -3.02. The van der Waals surface area contributed by atoms with Crippen LogP contribution in [0.4, 0.5) is 5.69 Å². The Morgan fingerprint density at radius 3 is 2.37 bits per heavy atom. The molecule has 30 heavy (non-hydrogen) atoms. The number of esters is 1. The molecule has 0 atom stereocenters. The highest BCUT2D eigenvalue weighted by Gasteiger charge is 2.11. The van der Waals surface area contributed by atoms with E-state index in [1.165, 1.54) is 6.07 Å². The van der Waals surface area contributed by atoms with Crippen molar-refractivity contribution in [2.24, 2.45) is 0 Å². The minimum atomic E-state index is -0.612.